The van der Waals surface area contributed by atoms with Gasteiger partial charge in [0.25, 0.3) is 5.78 Å². The summed E-state index contributed by atoms with van der Waals surface area (Å²) in [6.45, 7) is 14.0. The monoisotopic (exact) mass is 574 g/mol. The number of carbonyl (C=O) groups excluding carboxylic acids is 3. The number of aromatic nitrogens is 1. The van der Waals surface area contributed by atoms with Gasteiger partial charge in [-0.3, -0.25) is 14.5 Å². The van der Waals surface area contributed by atoms with Crippen LogP contribution in [0.25, 0.3) is 5.76 Å². The molecule has 1 aliphatic rings. The number of carbonyl (C=O) groups is 3. The molecule has 2 aromatic carbocycles. The number of rotatable bonds is 9. The molecule has 1 fully saturated rings. The topological polar surface area (TPSA) is 106 Å². The average molecular weight is 575 g/mol. The van der Waals surface area contributed by atoms with Gasteiger partial charge in [0.15, 0.2) is 5.13 Å². The van der Waals surface area contributed by atoms with Crippen LogP contribution in [0.15, 0.2) is 66.8 Å². The van der Waals surface area contributed by atoms with Gasteiger partial charge in [-0.05, 0) is 42.0 Å². The zero-order valence-corrected chi connectivity index (χ0v) is 24.7. The van der Waals surface area contributed by atoms with E-state index in [0.717, 1.165) is 23.3 Å². The number of aliphatic hydroxyl groups excluding tert-OH is 1. The number of ether oxygens (including phenoxy) is 2. The van der Waals surface area contributed by atoms with Crippen LogP contribution in [-0.2, 0) is 19.7 Å². The van der Waals surface area contributed by atoms with Crippen LogP contribution < -0.4 is 9.64 Å². The number of aliphatic hydroxyl groups is 1. The molecule has 0 radical (unpaired) electrons. The quantitative estimate of drug-likeness (QED) is 0.102. The Kier molecular flexibility index (Phi) is 8.77. The molecule has 41 heavy (non-hydrogen) atoms. The predicted octanol–water partition coefficient (Wildman–Crippen LogP) is 6.51. The molecule has 0 saturated carbocycles. The van der Waals surface area contributed by atoms with Crippen LogP contribution in [0.2, 0.25) is 0 Å². The van der Waals surface area contributed by atoms with Crippen molar-refractivity contribution in [3.63, 3.8) is 0 Å². The van der Waals surface area contributed by atoms with Crippen LogP contribution in [0, 0.1) is 6.92 Å². The maximum Gasteiger partial charge on any atom is 0.350 e. The van der Waals surface area contributed by atoms with E-state index in [1.165, 1.54) is 11.0 Å². The fourth-order valence-corrected chi connectivity index (χ4v) is 5.48. The Labute approximate surface area is 243 Å². The van der Waals surface area contributed by atoms with E-state index in [0.29, 0.717) is 29.2 Å². The molecule has 1 aliphatic heterocycles. The average Bonchev–Trinajstić information content (AvgIpc) is 3.46. The van der Waals surface area contributed by atoms with Gasteiger partial charge in [0.1, 0.15) is 23.0 Å². The zero-order chi connectivity index (χ0) is 29.9. The van der Waals surface area contributed by atoms with Crippen LogP contribution in [0.3, 0.4) is 0 Å². The van der Waals surface area contributed by atoms with Crippen LogP contribution in [0.4, 0.5) is 5.13 Å². The molecule has 2 heterocycles. The first kappa shape index (κ1) is 29.7. The molecule has 0 aliphatic carbocycles. The number of ketones is 1. The number of thiazole rings is 1. The zero-order valence-electron chi connectivity index (χ0n) is 23.9. The summed E-state index contributed by atoms with van der Waals surface area (Å²) < 4.78 is 10.9. The molecular formula is C32H34N2O6S. The van der Waals surface area contributed by atoms with Crippen molar-refractivity contribution in [3.8, 4) is 5.75 Å². The van der Waals surface area contributed by atoms with E-state index in [2.05, 4.69) is 32.3 Å². The van der Waals surface area contributed by atoms with Crippen LogP contribution in [-0.4, -0.2) is 41.0 Å². The smallest absolute Gasteiger partial charge is 0.350 e. The highest BCUT2D eigenvalue weighted by molar-refractivity contribution is 7.17. The number of hydrogen-bond donors (Lipinski definition) is 1. The highest BCUT2D eigenvalue weighted by atomic mass is 32.1. The Hall–Kier alpha value is -4.24. The van der Waals surface area contributed by atoms with E-state index in [9.17, 15) is 19.5 Å². The van der Waals surface area contributed by atoms with Gasteiger partial charge >= 0.3 is 11.9 Å². The lowest BCUT2D eigenvalue weighted by Crippen LogP contribution is -2.29. The fourth-order valence-electron chi connectivity index (χ4n) is 4.49. The van der Waals surface area contributed by atoms with Crippen molar-refractivity contribution in [1.82, 2.24) is 4.98 Å². The number of nitrogens with zero attached hydrogens (tertiary/aromatic N) is 2. The molecule has 1 N–H and O–H groups in total. The number of benzene rings is 2. The van der Waals surface area contributed by atoms with Gasteiger partial charge in [-0.2, -0.15) is 0 Å². The molecule has 0 bridgehead atoms. The summed E-state index contributed by atoms with van der Waals surface area (Å²) in [4.78, 5) is 45.7. The second-order valence-electron chi connectivity index (χ2n) is 10.7. The molecule has 1 atom stereocenters. The summed E-state index contributed by atoms with van der Waals surface area (Å²) in [5, 5.41) is 11.7. The molecule has 3 aromatic rings. The van der Waals surface area contributed by atoms with Crippen LogP contribution in [0.5, 0.6) is 5.75 Å². The summed E-state index contributed by atoms with van der Waals surface area (Å²) >= 11 is 0.957. The van der Waals surface area contributed by atoms with Crippen molar-refractivity contribution in [1.29, 1.82) is 0 Å². The molecule has 1 saturated heterocycles. The lowest BCUT2D eigenvalue weighted by atomic mass is 9.85. The lowest BCUT2D eigenvalue weighted by molar-refractivity contribution is -0.132. The lowest BCUT2D eigenvalue weighted by Gasteiger charge is -2.25. The van der Waals surface area contributed by atoms with Gasteiger partial charge in [-0.15, -0.1) is 0 Å². The second kappa shape index (κ2) is 12.1. The second-order valence-corrected chi connectivity index (χ2v) is 11.7. The molecule has 1 unspecified atom stereocenters. The van der Waals surface area contributed by atoms with Crippen molar-refractivity contribution in [3.05, 3.63) is 94.0 Å². The fraction of sp³-hybridized carbons (Fsp3) is 0.312. The Bertz CT molecular complexity index is 1510. The van der Waals surface area contributed by atoms with E-state index in [1.807, 2.05) is 31.2 Å². The first-order valence-electron chi connectivity index (χ1n) is 13.4. The predicted molar refractivity (Wildman–Crippen MR) is 159 cm³/mol. The van der Waals surface area contributed by atoms with E-state index in [4.69, 9.17) is 9.47 Å². The number of hydrogen-bond acceptors (Lipinski definition) is 8. The van der Waals surface area contributed by atoms with Crippen LogP contribution >= 0.6 is 11.3 Å². The van der Waals surface area contributed by atoms with Crippen molar-refractivity contribution in [2.45, 2.75) is 52.5 Å². The Morgan fingerprint density at radius 2 is 1.88 bits per heavy atom. The highest BCUT2D eigenvalue weighted by Gasteiger charge is 2.48. The molecule has 1 amide bonds. The summed E-state index contributed by atoms with van der Waals surface area (Å²) in [6.07, 6.45) is 2.26. The molecule has 9 heteroatoms. The molecule has 0 spiro atoms. The maximum absolute atomic E-state index is 13.6. The normalized spacial score (nSPS) is 16.6. The third-order valence-corrected chi connectivity index (χ3v) is 7.76. The van der Waals surface area contributed by atoms with E-state index in [-0.39, 0.29) is 33.4 Å². The van der Waals surface area contributed by atoms with Gasteiger partial charge in [-0.25, -0.2) is 9.78 Å². The first-order valence-corrected chi connectivity index (χ1v) is 14.2. The van der Waals surface area contributed by atoms with Crippen molar-refractivity contribution in [2.24, 2.45) is 0 Å². The molecular weight excluding hydrogens is 540 g/mol. The van der Waals surface area contributed by atoms with Gasteiger partial charge in [-0.1, -0.05) is 88.1 Å². The molecule has 214 valence electrons. The van der Waals surface area contributed by atoms with Crippen molar-refractivity contribution < 1.29 is 29.0 Å². The summed E-state index contributed by atoms with van der Waals surface area (Å²) in [7, 11) is 0. The molecule has 8 nitrogen and oxygen atoms in total. The van der Waals surface area contributed by atoms with Gasteiger partial charge < -0.3 is 14.6 Å². The minimum Gasteiger partial charge on any atom is -0.507 e. The third kappa shape index (κ3) is 6.10. The molecule has 4 rings (SSSR count). The van der Waals surface area contributed by atoms with E-state index in [1.54, 1.807) is 31.2 Å². The maximum atomic E-state index is 13.6. The van der Waals surface area contributed by atoms with Crippen molar-refractivity contribution >= 4 is 39.9 Å². The van der Waals surface area contributed by atoms with E-state index >= 15 is 0 Å². The summed E-state index contributed by atoms with van der Waals surface area (Å²) in [6, 6.07) is 13.4. The van der Waals surface area contributed by atoms with E-state index < -0.39 is 23.7 Å². The van der Waals surface area contributed by atoms with Gasteiger partial charge in [0.05, 0.1) is 23.9 Å². The minimum atomic E-state index is -0.980. The van der Waals surface area contributed by atoms with Gasteiger partial charge in [0, 0.05) is 5.56 Å². The van der Waals surface area contributed by atoms with Gasteiger partial charge in [0.2, 0.25) is 0 Å². The number of amides is 1. The standard InChI is InChI=1S/C32H34N2O6S/c1-7-16-39-23-11-9-10-21(18-23)26(35)24-25(20-12-14-22(15-13-20)32(4,5)6)34(29(37)27(24)36)31-33-19(3)28(41-31)30(38)40-17-8-2/h8-15,18,25,35H,2,7,16-17H2,1,3-6H3/b26-24+. The Morgan fingerprint density at radius 1 is 1.17 bits per heavy atom. The Balaban J connectivity index is 1.88. The first-order chi connectivity index (χ1) is 19.5. The number of Topliss-reactive ketones (excluding diaryl/α,β-unsaturated/α-hetero) is 1. The third-order valence-electron chi connectivity index (χ3n) is 6.63. The van der Waals surface area contributed by atoms with Crippen LogP contribution in [0.1, 0.15) is 72.2 Å². The highest BCUT2D eigenvalue weighted by Crippen LogP contribution is 2.44. The summed E-state index contributed by atoms with van der Waals surface area (Å²) in [5.41, 5.74) is 2.19. The van der Waals surface area contributed by atoms with Crippen molar-refractivity contribution in [2.75, 3.05) is 18.1 Å². The number of esters is 1. The Morgan fingerprint density at radius 3 is 2.51 bits per heavy atom. The summed E-state index contributed by atoms with van der Waals surface area (Å²) in [5.74, 6) is -2.09. The SMILES string of the molecule is C=CCOC(=O)c1sc(N2C(=O)C(=O)/C(=C(/O)c3cccc(OCCC)c3)C2c2ccc(C(C)(C)C)cc2)nc1C. The largest absolute Gasteiger partial charge is 0.507 e. The number of anilines is 1. The molecule has 1 aromatic heterocycles. The number of aryl methyl sites for hydroxylation is 1. The minimum absolute atomic E-state index is 0.0250.